The Morgan fingerprint density at radius 2 is 2.10 bits per heavy atom. The highest BCUT2D eigenvalue weighted by Gasteiger charge is 2.31. The molecule has 0 aliphatic heterocycles. The van der Waals surface area contributed by atoms with E-state index < -0.39 is 0 Å². The Morgan fingerprint density at radius 1 is 1.35 bits per heavy atom. The fourth-order valence-corrected chi connectivity index (χ4v) is 2.82. The van der Waals surface area contributed by atoms with Crippen LogP contribution in [0.15, 0.2) is 24.3 Å². The number of nitrogens with one attached hydrogen (secondary N) is 1. The van der Waals surface area contributed by atoms with Crippen molar-refractivity contribution < 1.29 is 9.18 Å². The summed E-state index contributed by atoms with van der Waals surface area (Å²) in [6.07, 6.45) is 3.57. The number of carbonyl (C=O) groups is 1. The fourth-order valence-electron chi connectivity index (χ4n) is 2.82. The minimum atomic E-state index is -0.211. The maximum absolute atomic E-state index is 13.4. The molecular weight excluding hydrogens is 279 g/mol. The lowest BCUT2D eigenvalue weighted by Crippen LogP contribution is -2.36. The smallest absolute Gasteiger partial charge is 0.223 e. The van der Waals surface area contributed by atoms with Gasteiger partial charge in [-0.25, -0.2) is 4.39 Å². The Kier molecular flexibility index (Phi) is 6.96. The van der Waals surface area contributed by atoms with Crippen molar-refractivity contribution in [1.29, 1.82) is 0 Å². The molecule has 0 radical (unpaired) electrons. The van der Waals surface area contributed by atoms with Gasteiger partial charge in [0.2, 0.25) is 5.91 Å². The number of rotatable bonds is 5. The SMILES string of the molecule is Cl.NC[C@H]1CCC[C@H]1C(=O)NCCc1ccccc1F. The van der Waals surface area contributed by atoms with Crippen molar-refractivity contribution in [3.63, 3.8) is 0 Å². The number of nitrogens with two attached hydrogens (primary N) is 1. The normalized spacial score (nSPS) is 21.3. The summed E-state index contributed by atoms with van der Waals surface area (Å²) >= 11 is 0. The molecule has 2 rings (SSSR count). The molecule has 1 fully saturated rings. The molecule has 1 saturated carbocycles. The Bertz CT molecular complexity index is 442. The predicted molar refractivity (Wildman–Crippen MR) is 80.2 cm³/mol. The minimum Gasteiger partial charge on any atom is -0.356 e. The van der Waals surface area contributed by atoms with Gasteiger partial charge >= 0.3 is 0 Å². The van der Waals surface area contributed by atoms with Crippen molar-refractivity contribution in [2.45, 2.75) is 25.7 Å². The number of hydrogen-bond acceptors (Lipinski definition) is 2. The second kappa shape index (κ2) is 8.22. The van der Waals surface area contributed by atoms with Crippen LogP contribution in [0.2, 0.25) is 0 Å². The van der Waals surface area contributed by atoms with Crippen LogP contribution in [0.25, 0.3) is 0 Å². The summed E-state index contributed by atoms with van der Waals surface area (Å²) in [5, 5.41) is 2.90. The van der Waals surface area contributed by atoms with Gasteiger partial charge in [-0.1, -0.05) is 24.6 Å². The molecule has 5 heteroatoms. The van der Waals surface area contributed by atoms with Crippen LogP contribution in [-0.4, -0.2) is 19.0 Å². The lowest BCUT2D eigenvalue weighted by Gasteiger charge is -2.17. The highest BCUT2D eigenvalue weighted by molar-refractivity contribution is 5.85. The van der Waals surface area contributed by atoms with E-state index in [1.54, 1.807) is 12.1 Å². The summed E-state index contributed by atoms with van der Waals surface area (Å²) in [6, 6.07) is 6.67. The predicted octanol–water partition coefficient (Wildman–Crippen LogP) is 2.28. The molecule has 0 unspecified atom stereocenters. The van der Waals surface area contributed by atoms with Crippen LogP contribution in [0.5, 0.6) is 0 Å². The second-order valence-electron chi connectivity index (χ2n) is 5.17. The van der Waals surface area contributed by atoms with E-state index >= 15 is 0 Å². The van der Waals surface area contributed by atoms with Crippen molar-refractivity contribution in [2.75, 3.05) is 13.1 Å². The first-order valence-corrected chi connectivity index (χ1v) is 6.93. The Hall–Kier alpha value is -1.13. The molecule has 0 bridgehead atoms. The molecule has 3 N–H and O–H groups in total. The molecule has 3 nitrogen and oxygen atoms in total. The zero-order valence-electron chi connectivity index (χ0n) is 11.5. The monoisotopic (exact) mass is 300 g/mol. The van der Waals surface area contributed by atoms with Crippen molar-refractivity contribution in [2.24, 2.45) is 17.6 Å². The van der Waals surface area contributed by atoms with E-state index in [4.69, 9.17) is 5.73 Å². The second-order valence-corrected chi connectivity index (χ2v) is 5.17. The van der Waals surface area contributed by atoms with Crippen LogP contribution < -0.4 is 11.1 Å². The van der Waals surface area contributed by atoms with Crippen molar-refractivity contribution in [3.8, 4) is 0 Å². The molecule has 112 valence electrons. The average Bonchev–Trinajstić information content (AvgIpc) is 2.89. The lowest BCUT2D eigenvalue weighted by molar-refractivity contribution is -0.125. The molecule has 1 aliphatic rings. The van der Waals surface area contributed by atoms with Crippen molar-refractivity contribution >= 4 is 18.3 Å². The van der Waals surface area contributed by atoms with E-state index in [-0.39, 0.29) is 30.0 Å². The lowest BCUT2D eigenvalue weighted by atomic mass is 9.95. The van der Waals surface area contributed by atoms with Crippen LogP contribution in [0.1, 0.15) is 24.8 Å². The van der Waals surface area contributed by atoms with Crippen LogP contribution in [0.4, 0.5) is 4.39 Å². The Labute approximate surface area is 125 Å². The Morgan fingerprint density at radius 3 is 2.80 bits per heavy atom. The number of carbonyl (C=O) groups excluding carboxylic acids is 1. The van der Waals surface area contributed by atoms with Crippen LogP contribution in [0, 0.1) is 17.7 Å². The summed E-state index contributed by atoms with van der Waals surface area (Å²) in [5.41, 5.74) is 6.32. The van der Waals surface area contributed by atoms with Crippen LogP contribution in [-0.2, 0) is 11.2 Å². The van der Waals surface area contributed by atoms with Crippen LogP contribution >= 0.6 is 12.4 Å². The summed E-state index contributed by atoms with van der Waals surface area (Å²) in [7, 11) is 0. The van der Waals surface area contributed by atoms with Gasteiger partial charge in [-0.3, -0.25) is 4.79 Å². The fraction of sp³-hybridized carbons (Fsp3) is 0.533. The molecular formula is C15H22ClFN2O. The molecule has 2 atom stereocenters. The van der Waals surface area contributed by atoms with E-state index in [0.717, 1.165) is 19.3 Å². The topological polar surface area (TPSA) is 55.1 Å². The highest BCUT2D eigenvalue weighted by atomic mass is 35.5. The first kappa shape index (κ1) is 16.9. The third-order valence-electron chi connectivity index (χ3n) is 3.95. The minimum absolute atomic E-state index is 0. The third kappa shape index (κ3) is 4.18. The largest absolute Gasteiger partial charge is 0.356 e. The average molecular weight is 301 g/mol. The van der Waals surface area contributed by atoms with E-state index in [1.165, 1.54) is 6.07 Å². The van der Waals surface area contributed by atoms with E-state index in [9.17, 15) is 9.18 Å². The number of benzene rings is 1. The highest BCUT2D eigenvalue weighted by Crippen LogP contribution is 2.30. The van der Waals surface area contributed by atoms with Gasteiger partial charge < -0.3 is 11.1 Å². The van der Waals surface area contributed by atoms with Gasteiger partial charge in [-0.2, -0.15) is 0 Å². The first-order valence-electron chi connectivity index (χ1n) is 6.93. The summed E-state index contributed by atoms with van der Waals surface area (Å²) < 4.78 is 13.4. The first-order chi connectivity index (χ1) is 9.22. The standard InChI is InChI=1S/C15H21FN2O.ClH/c16-14-7-2-1-4-11(14)8-9-18-15(19)13-6-3-5-12(13)10-17;/h1-2,4,7,12-13H,3,5-6,8-10,17H2,(H,18,19);1H/t12-,13-;/m1./s1. The molecule has 0 spiro atoms. The summed E-state index contributed by atoms with van der Waals surface area (Å²) in [6.45, 7) is 1.05. The number of amides is 1. The zero-order valence-corrected chi connectivity index (χ0v) is 12.3. The van der Waals surface area contributed by atoms with Gasteiger partial charge in [-0.05, 0) is 43.4 Å². The summed E-state index contributed by atoms with van der Waals surface area (Å²) in [5.74, 6) is 0.223. The van der Waals surface area contributed by atoms with Crippen LogP contribution in [0.3, 0.4) is 0 Å². The van der Waals surface area contributed by atoms with Gasteiger partial charge in [0.05, 0.1) is 0 Å². The quantitative estimate of drug-likeness (QED) is 0.876. The van der Waals surface area contributed by atoms with Crippen molar-refractivity contribution in [1.82, 2.24) is 5.32 Å². The molecule has 1 aliphatic carbocycles. The maximum atomic E-state index is 13.4. The van der Waals surface area contributed by atoms with Gasteiger partial charge in [0.1, 0.15) is 5.82 Å². The Balaban J connectivity index is 0.00000200. The maximum Gasteiger partial charge on any atom is 0.223 e. The molecule has 1 aromatic rings. The molecule has 0 aromatic heterocycles. The molecule has 20 heavy (non-hydrogen) atoms. The summed E-state index contributed by atoms with van der Waals surface area (Å²) in [4.78, 5) is 12.0. The van der Waals surface area contributed by atoms with Crippen molar-refractivity contribution in [3.05, 3.63) is 35.6 Å². The number of halogens is 2. The van der Waals surface area contributed by atoms with Gasteiger partial charge in [-0.15, -0.1) is 12.4 Å². The molecule has 1 aromatic carbocycles. The van der Waals surface area contributed by atoms with E-state index in [2.05, 4.69) is 5.32 Å². The van der Waals surface area contributed by atoms with E-state index in [0.29, 0.717) is 31.0 Å². The third-order valence-corrected chi connectivity index (χ3v) is 3.95. The zero-order chi connectivity index (χ0) is 13.7. The van der Waals surface area contributed by atoms with Gasteiger partial charge in [0.25, 0.3) is 0 Å². The molecule has 0 heterocycles. The van der Waals surface area contributed by atoms with E-state index in [1.807, 2.05) is 6.07 Å². The molecule has 0 saturated heterocycles. The van der Waals surface area contributed by atoms with Gasteiger partial charge in [0.15, 0.2) is 0 Å². The molecule has 1 amide bonds. The number of hydrogen-bond donors (Lipinski definition) is 2. The van der Waals surface area contributed by atoms with Gasteiger partial charge in [0, 0.05) is 12.5 Å².